The van der Waals surface area contributed by atoms with E-state index >= 15 is 0 Å². The highest BCUT2D eigenvalue weighted by atomic mass is 16.5. The van der Waals surface area contributed by atoms with E-state index in [2.05, 4.69) is 39.6 Å². The molecule has 0 unspecified atom stereocenters. The van der Waals surface area contributed by atoms with E-state index in [-0.39, 0.29) is 43.6 Å². The minimum Gasteiger partial charge on any atom is -0.481 e. The van der Waals surface area contributed by atoms with Gasteiger partial charge in [0.1, 0.15) is 17.8 Å². The lowest BCUT2D eigenvalue weighted by atomic mass is 9.82. The minimum atomic E-state index is -0.924. The molecule has 35 heavy (non-hydrogen) atoms. The Hall–Kier alpha value is -4.27. The van der Waals surface area contributed by atoms with Crippen molar-refractivity contribution in [3.63, 3.8) is 0 Å². The number of aliphatic carboxylic acids is 1. The summed E-state index contributed by atoms with van der Waals surface area (Å²) in [7, 11) is 0. The number of ether oxygens (including phenoxy) is 1. The van der Waals surface area contributed by atoms with E-state index in [0.29, 0.717) is 5.82 Å². The molecule has 9 nitrogen and oxygen atoms in total. The van der Waals surface area contributed by atoms with Gasteiger partial charge in [0.15, 0.2) is 0 Å². The van der Waals surface area contributed by atoms with Crippen LogP contribution in [-0.4, -0.2) is 57.6 Å². The molecule has 178 valence electrons. The van der Waals surface area contributed by atoms with Crippen LogP contribution in [0.2, 0.25) is 0 Å². The first kappa shape index (κ1) is 22.5. The number of nitrogens with one attached hydrogen (secondary N) is 1. The van der Waals surface area contributed by atoms with Crippen LogP contribution < -0.4 is 5.32 Å². The first-order chi connectivity index (χ1) is 16.9. The fourth-order valence-corrected chi connectivity index (χ4v) is 4.61. The SMILES string of the molecule is CC1(C(=O)O)CN(C(=O)c2cnc(CNC(=O)OCC3c4ccccc4-c4ccccc43)nc2)C1. The third-order valence-corrected chi connectivity index (χ3v) is 6.57. The predicted molar refractivity (Wildman–Crippen MR) is 126 cm³/mol. The van der Waals surface area contributed by atoms with Gasteiger partial charge in [0.2, 0.25) is 0 Å². The lowest BCUT2D eigenvalue weighted by molar-refractivity contribution is -0.155. The maximum atomic E-state index is 12.5. The van der Waals surface area contributed by atoms with Crippen LogP contribution in [0.25, 0.3) is 11.1 Å². The van der Waals surface area contributed by atoms with Gasteiger partial charge in [0.25, 0.3) is 5.91 Å². The van der Waals surface area contributed by atoms with Crippen molar-refractivity contribution in [1.82, 2.24) is 20.2 Å². The maximum Gasteiger partial charge on any atom is 0.407 e. The Balaban J connectivity index is 1.13. The number of amides is 2. The van der Waals surface area contributed by atoms with Gasteiger partial charge >= 0.3 is 12.1 Å². The molecule has 0 saturated carbocycles. The summed E-state index contributed by atoms with van der Waals surface area (Å²) in [5, 5.41) is 11.8. The number of aromatic nitrogens is 2. The molecular formula is C26H24N4O5. The number of rotatable bonds is 6. The summed E-state index contributed by atoms with van der Waals surface area (Å²) < 4.78 is 5.50. The number of benzene rings is 2. The third kappa shape index (κ3) is 4.21. The summed E-state index contributed by atoms with van der Waals surface area (Å²) in [4.78, 5) is 45.7. The van der Waals surface area contributed by atoms with Crippen molar-refractivity contribution < 1.29 is 24.2 Å². The molecule has 1 aliphatic carbocycles. The van der Waals surface area contributed by atoms with E-state index in [1.165, 1.54) is 17.3 Å². The Labute approximate surface area is 201 Å². The van der Waals surface area contributed by atoms with Gasteiger partial charge in [-0.05, 0) is 29.2 Å². The molecule has 2 heterocycles. The number of hydrogen-bond acceptors (Lipinski definition) is 6. The standard InChI is InChI=1S/C26H24N4O5/c1-26(24(32)33)14-30(15-26)23(31)16-10-27-22(28-11-16)12-29-25(34)35-13-21-19-8-4-2-6-17(19)18-7-3-5-9-20(18)21/h2-11,21H,12-15H2,1H3,(H,29,34)(H,32,33). The third-order valence-electron chi connectivity index (χ3n) is 6.57. The molecule has 0 atom stereocenters. The lowest BCUT2D eigenvalue weighted by Crippen LogP contribution is -2.60. The van der Waals surface area contributed by atoms with E-state index in [0.717, 1.165) is 22.3 Å². The Kier molecular flexibility index (Phi) is 5.68. The highest BCUT2D eigenvalue weighted by molar-refractivity contribution is 5.95. The quantitative estimate of drug-likeness (QED) is 0.565. The van der Waals surface area contributed by atoms with Crippen LogP contribution in [0.15, 0.2) is 60.9 Å². The molecule has 1 aromatic heterocycles. The molecule has 2 aliphatic rings. The molecule has 2 amide bonds. The number of carbonyl (C=O) groups is 3. The van der Waals surface area contributed by atoms with Gasteiger partial charge in [0.05, 0.1) is 12.1 Å². The van der Waals surface area contributed by atoms with Crippen molar-refractivity contribution in [2.45, 2.75) is 19.4 Å². The van der Waals surface area contributed by atoms with Crippen LogP contribution in [-0.2, 0) is 16.1 Å². The van der Waals surface area contributed by atoms with E-state index in [1.807, 2.05) is 24.3 Å². The molecule has 1 aliphatic heterocycles. The Morgan fingerprint density at radius 1 is 1.03 bits per heavy atom. The highest BCUT2D eigenvalue weighted by Crippen LogP contribution is 2.44. The summed E-state index contributed by atoms with van der Waals surface area (Å²) in [5.74, 6) is -0.944. The fraction of sp³-hybridized carbons (Fsp3) is 0.269. The number of carboxylic acids is 1. The lowest BCUT2D eigenvalue weighted by Gasteiger charge is -2.44. The van der Waals surface area contributed by atoms with Crippen LogP contribution in [0, 0.1) is 5.41 Å². The maximum absolute atomic E-state index is 12.5. The number of fused-ring (bicyclic) bond motifs is 3. The molecule has 5 rings (SSSR count). The van der Waals surface area contributed by atoms with Crippen LogP contribution >= 0.6 is 0 Å². The molecule has 0 spiro atoms. The average Bonchev–Trinajstić information content (AvgIpc) is 3.17. The summed E-state index contributed by atoms with van der Waals surface area (Å²) in [6.45, 7) is 2.15. The van der Waals surface area contributed by atoms with Gasteiger partial charge in [0, 0.05) is 31.4 Å². The van der Waals surface area contributed by atoms with Crippen LogP contribution in [0.4, 0.5) is 4.79 Å². The van der Waals surface area contributed by atoms with E-state index < -0.39 is 17.5 Å². The van der Waals surface area contributed by atoms with Gasteiger partial charge in [-0.3, -0.25) is 9.59 Å². The summed E-state index contributed by atoms with van der Waals surface area (Å²) in [6.07, 6.45) is 2.17. The number of carbonyl (C=O) groups excluding carboxylic acids is 2. The van der Waals surface area contributed by atoms with Crippen molar-refractivity contribution >= 4 is 18.0 Å². The predicted octanol–water partition coefficient (Wildman–Crippen LogP) is 3.06. The highest BCUT2D eigenvalue weighted by Gasteiger charge is 2.47. The number of likely N-dealkylation sites (tertiary alicyclic amines) is 1. The second-order valence-corrected chi connectivity index (χ2v) is 9.09. The molecule has 9 heteroatoms. The molecular weight excluding hydrogens is 448 g/mol. The fourth-order valence-electron chi connectivity index (χ4n) is 4.61. The van der Waals surface area contributed by atoms with Crippen LogP contribution in [0.5, 0.6) is 0 Å². The van der Waals surface area contributed by atoms with E-state index in [9.17, 15) is 19.5 Å². The van der Waals surface area contributed by atoms with E-state index in [1.54, 1.807) is 6.92 Å². The van der Waals surface area contributed by atoms with Crippen LogP contribution in [0.3, 0.4) is 0 Å². The summed E-state index contributed by atoms with van der Waals surface area (Å²) in [6, 6.07) is 16.2. The normalized spacial score (nSPS) is 15.5. The second-order valence-electron chi connectivity index (χ2n) is 9.09. The van der Waals surface area contributed by atoms with Crippen molar-refractivity contribution in [2.75, 3.05) is 19.7 Å². The van der Waals surface area contributed by atoms with Crippen molar-refractivity contribution in [3.05, 3.63) is 83.4 Å². The zero-order chi connectivity index (χ0) is 24.6. The molecule has 0 bridgehead atoms. The molecule has 3 aromatic rings. The van der Waals surface area contributed by atoms with Crippen molar-refractivity contribution in [1.29, 1.82) is 0 Å². The smallest absolute Gasteiger partial charge is 0.407 e. The Morgan fingerprint density at radius 3 is 2.17 bits per heavy atom. The zero-order valence-corrected chi connectivity index (χ0v) is 19.1. The molecule has 2 aromatic carbocycles. The van der Waals surface area contributed by atoms with Crippen molar-refractivity contribution in [3.8, 4) is 11.1 Å². The molecule has 2 N–H and O–H groups in total. The Bertz CT molecular complexity index is 1260. The Morgan fingerprint density at radius 2 is 1.60 bits per heavy atom. The zero-order valence-electron chi connectivity index (χ0n) is 19.1. The van der Waals surface area contributed by atoms with E-state index in [4.69, 9.17) is 4.74 Å². The van der Waals surface area contributed by atoms with Gasteiger partial charge in [-0.2, -0.15) is 0 Å². The first-order valence-corrected chi connectivity index (χ1v) is 11.3. The topological polar surface area (TPSA) is 122 Å². The number of nitrogens with zero attached hydrogens (tertiary/aromatic N) is 3. The van der Waals surface area contributed by atoms with Crippen molar-refractivity contribution in [2.24, 2.45) is 5.41 Å². The average molecular weight is 473 g/mol. The van der Waals surface area contributed by atoms with Gasteiger partial charge in [-0.1, -0.05) is 48.5 Å². The number of hydrogen-bond donors (Lipinski definition) is 2. The number of alkyl carbamates (subject to hydrolysis) is 1. The number of carboxylic acid groups (broad SMARTS) is 1. The summed E-state index contributed by atoms with van der Waals surface area (Å²) in [5.41, 5.74) is 3.94. The minimum absolute atomic E-state index is 0.0285. The monoisotopic (exact) mass is 472 g/mol. The first-order valence-electron chi connectivity index (χ1n) is 11.3. The van der Waals surface area contributed by atoms with Crippen LogP contribution in [0.1, 0.15) is 40.2 Å². The molecule has 1 saturated heterocycles. The molecule has 1 fully saturated rings. The van der Waals surface area contributed by atoms with Gasteiger partial charge in [-0.15, -0.1) is 0 Å². The van der Waals surface area contributed by atoms with Gasteiger partial charge < -0.3 is 20.1 Å². The largest absolute Gasteiger partial charge is 0.481 e. The van der Waals surface area contributed by atoms with Gasteiger partial charge in [-0.25, -0.2) is 14.8 Å². The summed E-state index contributed by atoms with van der Waals surface area (Å²) >= 11 is 0. The molecule has 0 radical (unpaired) electrons. The second kappa shape index (κ2) is 8.83.